The van der Waals surface area contributed by atoms with Gasteiger partial charge in [-0.3, -0.25) is 14.6 Å². The second kappa shape index (κ2) is 9.38. The first-order valence-electron chi connectivity index (χ1n) is 15.0. The van der Waals surface area contributed by atoms with E-state index in [1.807, 2.05) is 13.8 Å². The summed E-state index contributed by atoms with van der Waals surface area (Å²) >= 11 is 0. The van der Waals surface area contributed by atoms with Gasteiger partial charge in [0, 0.05) is 35.4 Å². The maximum atomic E-state index is 13.3. The number of ether oxygens (including phenoxy) is 2. The molecule has 3 N–H and O–H groups in total. The van der Waals surface area contributed by atoms with Gasteiger partial charge in [-0.05, 0) is 74.8 Å². The van der Waals surface area contributed by atoms with Gasteiger partial charge in [0.1, 0.15) is 29.3 Å². The van der Waals surface area contributed by atoms with E-state index in [0.717, 1.165) is 12.8 Å². The van der Waals surface area contributed by atoms with E-state index in [2.05, 4.69) is 4.98 Å². The smallest absolute Gasteiger partial charge is 0.345 e. The average Bonchev–Trinajstić information content (AvgIpc) is 3.88. The van der Waals surface area contributed by atoms with Gasteiger partial charge in [-0.1, -0.05) is 13.8 Å². The molecule has 7 rings (SSSR count). The Morgan fingerprint density at radius 1 is 1.14 bits per heavy atom. The van der Waals surface area contributed by atoms with Crippen molar-refractivity contribution in [2.45, 2.75) is 89.6 Å². The molecule has 5 aliphatic rings. The third kappa shape index (κ3) is 4.12. The number of rotatable bonds is 6. The largest absolute Gasteiger partial charge is 0.486 e. The number of aliphatic hydroxyl groups excluding tert-OH is 2. The predicted molar refractivity (Wildman–Crippen MR) is 147 cm³/mol. The highest BCUT2D eigenvalue weighted by molar-refractivity contribution is 5.78. The van der Waals surface area contributed by atoms with E-state index in [1.54, 1.807) is 30.6 Å². The number of carboxylic acids is 1. The molecule has 0 amide bonds. The number of aliphatic hydroxyl groups is 2. The number of carboxylic acid groups (broad SMARTS) is 1. The van der Waals surface area contributed by atoms with E-state index in [-0.39, 0.29) is 34.9 Å². The summed E-state index contributed by atoms with van der Waals surface area (Å²) in [6, 6.07) is 5.04. The molecule has 3 unspecified atom stereocenters. The quantitative estimate of drug-likeness (QED) is 0.429. The molecule has 4 aliphatic carbocycles. The number of fused-ring (bicyclic) bond motifs is 4. The van der Waals surface area contributed by atoms with Crippen molar-refractivity contribution in [2.24, 2.45) is 34.0 Å². The van der Waals surface area contributed by atoms with Gasteiger partial charge in [0.05, 0.1) is 23.5 Å². The van der Waals surface area contributed by atoms with Crippen LogP contribution < -0.4 is 10.4 Å². The minimum absolute atomic E-state index is 0.0196. The summed E-state index contributed by atoms with van der Waals surface area (Å²) in [7, 11) is 0. The summed E-state index contributed by atoms with van der Waals surface area (Å²) in [5.74, 6) is -1.72. The van der Waals surface area contributed by atoms with Crippen molar-refractivity contribution in [2.75, 3.05) is 0 Å². The van der Waals surface area contributed by atoms with Crippen LogP contribution in [0.5, 0.6) is 5.75 Å². The van der Waals surface area contributed by atoms with E-state index in [1.165, 1.54) is 0 Å². The zero-order valence-corrected chi connectivity index (χ0v) is 23.8. The standard InChI is InChI=1S/C32H37NO9/c1-30-8-7-22(42-27(36)16-5-6-16)31(2,15-32(9-10-32)29(38)39)21(30)12-18(34)26-24(30)25(35)23-20(40-26)13-19(41-28(23)37)17-4-3-11-33-14-17/h3-4,11,13-14,16,18,21-22,24-26,34-35H,5-10,12,15H2,1-2H3,(H,38,39)/t18?,21-,22+,24+,25+,26?,30+,31?/m1/s1. The van der Waals surface area contributed by atoms with Gasteiger partial charge in [-0.25, -0.2) is 4.79 Å². The first kappa shape index (κ1) is 27.6. The average molecular weight is 580 g/mol. The Kier molecular flexibility index (Phi) is 6.16. The number of esters is 1. The molecule has 42 heavy (non-hydrogen) atoms. The highest BCUT2D eigenvalue weighted by Crippen LogP contribution is 2.68. The van der Waals surface area contributed by atoms with Crippen LogP contribution in [0.1, 0.15) is 76.9 Å². The maximum absolute atomic E-state index is 13.3. The fraction of sp³-hybridized carbons (Fsp3) is 0.625. The summed E-state index contributed by atoms with van der Waals surface area (Å²) in [6.07, 6.45) is 3.97. The van der Waals surface area contributed by atoms with Crippen molar-refractivity contribution < 1.29 is 38.8 Å². The molecule has 3 heterocycles. The molecule has 224 valence electrons. The third-order valence-electron chi connectivity index (χ3n) is 11.2. The maximum Gasteiger partial charge on any atom is 0.345 e. The van der Waals surface area contributed by atoms with Crippen molar-refractivity contribution in [1.82, 2.24) is 4.98 Å². The molecule has 0 aromatic carbocycles. The van der Waals surface area contributed by atoms with Crippen molar-refractivity contribution in [1.29, 1.82) is 0 Å². The van der Waals surface area contributed by atoms with Gasteiger partial charge in [-0.15, -0.1) is 0 Å². The van der Waals surface area contributed by atoms with Crippen molar-refractivity contribution in [3.63, 3.8) is 0 Å². The lowest BCUT2D eigenvalue weighted by Gasteiger charge is -2.64. The van der Waals surface area contributed by atoms with Gasteiger partial charge in [-0.2, -0.15) is 0 Å². The first-order chi connectivity index (χ1) is 20.0. The first-order valence-corrected chi connectivity index (χ1v) is 15.0. The van der Waals surface area contributed by atoms with Gasteiger partial charge < -0.3 is 29.2 Å². The molecule has 2 aromatic rings. The number of nitrogens with zero attached hydrogens (tertiary/aromatic N) is 1. The molecular formula is C32H37NO9. The third-order valence-corrected chi connectivity index (χ3v) is 11.2. The van der Waals surface area contributed by atoms with Crippen LogP contribution in [0.2, 0.25) is 0 Å². The molecule has 10 heteroatoms. The Morgan fingerprint density at radius 2 is 1.90 bits per heavy atom. The summed E-state index contributed by atoms with van der Waals surface area (Å²) in [4.78, 5) is 42.6. The van der Waals surface area contributed by atoms with Crippen LogP contribution in [0.25, 0.3) is 11.3 Å². The number of carbonyl (C=O) groups excluding carboxylic acids is 1. The van der Waals surface area contributed by atoms with Crippen molar-refractivity contribution in [3.05, 3.63) is 46.6 Å². The van der Waals surface area contributed by atoms with Crippen LogP contribution in [0.3, 0.4) is 0 Å². The number of pyridine rings is 1. The van der Waals surface area contributed by atoms with Crippen LogP contribution >= 0.6 is 0 Å². The van der Waals surface area contributed by atoms with Crippen molar-refractivity contribution in [3.8, 4) is 17.1 Å². The fourth-order valence-corrected chi connectivity index (χ4v) is 8.70. The van der Waals surface area contributed by atoms with E-state index >= 15 is 0 Å². The second-order valence-electron chi connectivity index (χ2n) is 13.8. The number of hydrogen-bond donors (Lipinski definition) is 3. The lowest BCUT2D eigenvalue weighted by Crippen LogP contribution is -2.66. The van der Waals surface area contributed by atoms with Crippen LogP contribution in [0.4, 0.5) is 0 Å². The topological polar surface area (TPSA) is 156 Å². The molecule has 4 fully saturated rings. The zero-order valence-electron chi connectivity index (χ0n) is 23.8. The molecule has 0 spiro atoms. The Labute approximate surface area is 243 Å². The summed E-state index contributed by atoms with van der Waals surface area (Å²) in [5.41, 5.74) is -2.43. The van der Waals surface area contributed by atoms with E-state index in [4.69, 9.17) is 13.9 Å². The predicted octanol–water partition coefficient (Wildman–Crippen LogP) is 3.88. The molecule has 0 saturated heterocycles. The monoisotopic (exact) mass is 579 g/mol. The lowest BCUT2D eigenvalue weighted by atomic mass is 9.43. The van der Waals surface area contributed by atoms with Gasteiger partial charge in [0.15, 0.2) is 0 Å². The molecule has 4 saturated carbocycles. The van der Waals surface area contributed by atoms with Crippen LogP contribution in [0, 0.1) is 34.0 Å². The zero-order chi connectivity index (χ0) is 29.6. The number of carbonyl (C=O) groups is 2. The molecule has 8 atom stereocenters. The summed E-state index contributed by atoms with van der Waals surface area (Å²) in [6.45, 7) is 4.04. The minimum atomic E-state index is -1.27. The molecule has 0 radical (unpaired) electrons. The van der Waals surface area contributed by atoms with Gasteiger partial charge in [0.2, 0.25) is 0 Å². The van der Waals surface area contributed by atoms with Crippen LogP contribution in [-0.2, 0) is 14.3 Å². The normalized spacial score (nSPS) is 37.8. The van der Waals surface area contributed by atoms with E-state index in [0.29, 0.717) is 44.1 Å². The van der Waals surface area contributed by atoms with E-state index in [9.17, 15) is 29.7 Å². The number of aliphatic carboxylic acids is 1. The Balaban J connectivity index is 1.28. The fourth-order valence-electron chi connectivity index (χ4n) is 8.70. The van der Waals surface area contributed by atoms with Crippen LogP contribution in [-0.4, -0.2) is 50.6 Å². The molecular weight excluding hydrogens is 542 g/mol. The SMILES string of the molecule is CC1(CC2(C(=O)O)CC2)[C@@H](OC(=O)C2CC2)CC[C@]2(C)[C@@H]3C(Oc4cc(-c5cccnc5)oc(=O)c4[C@@H]3O)C(O)C[C@@H]12. The molecule has 1 aliphatic heterocycles. The summed E-state index contributed by atoms with van der Waals surface area (Å²) in [5, 5.41) is 33.6. The highest BCUT2D eigenvalue weighted by atomic mass is 16.5. The van der Waals surface area contributed by atoms with Crippen LogP contribution in [0.15, 0.2) is 39.8 Å². The van der Waals surface area contributed by atoms with Gasteiger partial charge in [0.25, 0.3) is 0 Å². The summed E-state index contributed by atoms with van der Waals surface area (Å²) < 4.78 is 18.1. The number of aromatic nitrogens is 1. The molecule has 2 aromatic heterocycles. The van der Waals surface area contributed by atoms with Crippen molar-refractivity contribution >= 4 is 11.9 Å². The lowest BCUT2D eigenvalue weighted by molar-refractivity contribution is -0.236. The Hall–Kier alpha value is -3.24. The Morgan fingerprint density at radius 3 is 2.55 bits per heavy atom. The second-order valence-corrected chi connectivity index (χ2v) is 13.8. The Bertz CT molecular complexity index is 1480. The number of hydrogen-bond acceptors (Lipinski definition) is 9. The van der Waals surface area contributed by atoms with E-state index < -0.39 is 58.2 Å². The molecule has 10 nitrogen and oxygen atoms in total. The highest BCUT2D eigenvalue weighted by Gasteiger charge is 2.68. The minimum Gasteiger partial charge on any atom is -0.486 e. The molecule has 0 bridgehead atoms. The van der Waals surface area contributed by atoms with Gasteiger partial charge >= 0.3 is 17.6 Å².